The molecular formula is C12H24N2O. The molecule has 4 unspecified atom stereocenters. The van der Waals surface area contributed by atoms with Crippen LogP contribution in [0, 0.1) is 5.92 Å². The Labute approximate surface area is 93.2 Å². The predicted octanol–water partition coefficient (Wildman–Crippen LogP) is 1.09. The van der Waals surface area contributed by atoms with Gasteiger partial charge in [0.2, 0.25) is 0 Å². The highest BCUT2D eigenvalue weighted by molar-refractivity contribution is 4.88. The molecule has 0 bridgehead atoms. The fourth-order valence-corrected chi connectivity index (χ4v) is 2.81. The van der Waals surface area contributed by atoms with E-state index in [9.17, 15) is 0 Å². The maximum Gasteiger partial charge on any atom is 0.0674 e. The molecule has 0 radical (unpaired) electrons. The summed E-state index contributed by atoms with van der Waals surface area (Å²) in [6.07, 6.45) is 1.71. The topological polar surface area (TPSA) is 24.5 Å². The van der Waals surface area contributed by atoms with Crippen molar-refractivity contribution in [3.05, 3.63) is 0 Å². The minimum atomic E-state index is 0.398. The van der Waals surface area contributed by atoms with Gasteiger partial charge in [-0.15, -0.1) is 0 Å². The number of piperidine rings is 1. The molecule has 2 heterocycles. The van der Waals surface area contributed by atoms with Crippen molar-refractivity contribution >= 4 is 0 Å². The highest BCUT2D eigenvalue weighted by Crippen LogP contribution is 2.23. The lowest BCUT2D eigenvalue weighted by molar-refractivity contribution is -0.0767. The molecule has 2 saturated heterocycles. The minimum Gasteiger partial charge on any atom is -0.376 e. The first kappa shape index (κ1) is 11.4. The van der Waals surface area contributed by atoms with Crippen molar-refractivity contribution in [2.24, 2.45) is 5.92 Å². The summed E-state index contributed by atoms with van der Waals surface area (Å²) in [5, 5.41) is 3.52. The fraction of sp³-hybridized carbons (Fsp3) is 1.00. The van der Waals surface area contributed by atoms with Crippen LogP contribution in [0.5, 0.6) is 0 Å². The van der Waals surface area contributed by atoms with Crippen molar-refractivity contribution in [1.29, 1.82) is 0 Å². The Hall–Kier alpha value is -0.120. The molecule has 2 fully saturated rings. The van der Waals surface area contributed by atoms with Crippen LogP contribution in [0.25, 0.3) is 0 Å². The van der Waals surface area contributed by atoms with E-state index in [2.05, 4.69) is 31.0 Å². The number of rotatable bonds is 1. The molecular weight excluding hydrogens is 188 g/mol. The van der Waals surface area contributed by atoms with Gasteiger partial charge in [-0.2, -0.15) is 0 Å². The molecule has 3 nitrogen and oxygen atoms in total. The van der Waals surface area contributed by atoms with Crippen LogP contribution in [0.2, 0.25) is 0 Å². The van der Waals surface area contributed by atoms with E-state index in [-0.39, 0.29) is 0 Å². The monoisotopic (exact) mass is 212 g/mol. The molecule has 0 amide bonds. The number of hydrogen-bond acceptors (Lipinski definition) is 3. The molecule has 2 rings (SSSR count). The van der Waals surface area contributed by atoms with Gasteiger partial charge in [-0.3, -0.25) is 4.90 Å². The molecule has 0 aromatic rings. The van der Waals surface area contributed by atoms with Gasteiger partial charge in [0.1, 0.15) is 0 Å². The fourth-order valence-electron chi connectivity index (χ4n) is 2.81. The summed E-state index contributed by atoms with van der Waals surface area (Å²) in [7, 11) is 0. The molecule has 3 heteroatoms. The number of hydrogen-bond donors (Lipinski definition) is 1. The number of nitrogens with one attached hydrogen (secondary N) is 1. The van der Waals surface area contributed by atoms with Gasteiger partial charge in [-0.05, 0) is 32.7 Å². The van der Waals surface area contributed by atoms with Crippen molar-refractivity contribution in [3.63, 3.8) is 0 Å². The van der Waals surface area contributed by atoms with Gasteiger partial charge in [0.15, 0.2) is 0 Å². The average molecular weight is 212 g/mol. The SMILES string of the molecule is CC1CN(C2CNCCC2C)C(C)CO1. The zero-order valence-corrected chi connectivity index (χ0v) is 10.2. The summed E-state index contributed by atoms with van der Waals surface area (Å²) < 4.78 is 5.68. The van der Waals surface area contributed by atoms with E-state index in [0.717, 1.165) is 25.6 Å². The van der Waals surface area contributed by atoms with E-state index in [1.165, 1.54) is 13.0 Å². The third-order valence-corrected chi connectivity index (χ3v) is 3.87. The van der Waals surface area contributed by atoms with E-state index >= 15 is 0 Å². The van der Waals surface area contributed by atoms with Crippen LogP contribution in [0.3, 0.4) is 0 Å². The Morgan fingerprint density at radius 2 is 2.07 bits per heavy atom. The lowest BCUT2D eigenvalue weighted by Crippen LogP contribution is -2.58. The van der Waals surface area contributed by atoms with Crippen molar-refractivity contribution in [3.8, 4) is 0 Å². The van der Waals surface area contributed by atoms with Crippen LogP contribution in [-0.2, 0) is 4.74 Å². The smallest absolute Gasteiger partial charge is 0.0674 e. The summed E-state index contributed by atoms with van der Waals surface area (Å²) >= 11 is 0. The highest BCUT2D eigenvalue weighted by Gasteiger charge is 2.33. The second-order valence-electron chi connectivity index (χ2n) is 5.23. The summed E-state index contributed by atoms with van der Waals surface area (Å²) in [6, 6.07) is 1.29. The Morgan fingerprint density at radius 1 is 1.27 bits per heavy atom. The molecule has 2 aliphatic rings. The van der Waals surface area contributed by atoms with Crippen LogP contribution in [0.4, 0.5) is 0 Å². The maximum atomic E-state index is 5.68. The number of morpholine rings is 1. The number of ether oxygens (including phenoxy) is 1. The predicted molar refractivity (Wildman–Crippen MR) is 62.0 cm³/mol. The summed E-state index contributed by atoms with van der Waals surface area (Å²) in [5.74, 6) is 0.819. The number of nitrogens with zero attached hydrogens (tertiary/aromatic N) is 1. The lowest BCUT2D eigenvalue weighted by atomic mass is 9.92. The van der Waals surface area contributed by atoms with E-state index in [1.54, 1.807) is 0 Å². The van der Waals surface area contributed by atoms with Gasteiger partial charge >= 0.3 is 0 Å². The van der Waals surface area contributed by atoms with Crippen LogP contribution < -0.4 is 5.32 Å². The molecule has 15 heavy (non-hydrogen) atoms. The van der Waals surface area contributed by atoms with Crippen LogP contribution in [-0.4, -0.2) is 49.3 Å². The van der Waals surface area contributed by atoms with Gasteiger partial charge in [-0.1, -0.05) is 6.92 Å². The van der Waals surface area contributed by atoms with Gasteiger partial charge < -0.3 is 10.1 Å². The van der Waals surface area contributed by atoms with Crippen molar-refractivity contribution in [1.82, 2.24) is 10.2 Å². The van der Waals surface area contributed by atoms with Gasteiger partial charge in [0, 0.05) is 25.2 Å². The third-order valence-electron chi connectivity index (χ3n) is 3.87. The lowest BCUT2D eigenvalue weighted by Gasteiger charge is -2.46. The van der Waals surface area contributed by atoms with Crippen LogP contribution in [0.1, 0.15) is 27.2 Å². The van der Waals surface area contributed by atoms with Crippen molar-refractivity contribution in [2.75, 3.05) is 26.2 Å². The first-order valence-corrected chi connectivity index (χ1v) is 6.26. The zero-order valence-electron chi connectivity index (χ0n) is 10.2. The molecule has 88 valence electrons. The van der Waals surface area contributed by atoms with E-state index in [4.69, 9.17) is 4.74 Å². The van der Waals surface area contributed by atoms with Gasteiger partial charge in [0.25, 0.3) is 0 Å². The van der Waals surface area contributed by atoms with Crippen molar-refractivity contribution in [2.45, 2.75) is 45.4 Å². The summed E-state index contributed by atoms with van der Waals surface area (Å²) in [5.41, 5.74) is 0. The summed E-state index contributed by atoms with van der Waals surface area (Å²) in [6.45, 7) is 11.2. The maximum absolute atomic E-state index is 5.68. The first-order valence-electron chi connectivity index (χ1n) is 6.26. The first-order chi connectivity index (χ1) is 7.18. The third kappa shape index (κ3) is 2.52. The molecule has 0 aromatic heterocycles. The van der Waals surface area contributed by atoms with Gasteiger partial charge in [0.05, 0.1) is 12.7 Å². The van der Waals surface area contributed by atoms with Gasteiger partial charge in [-0.25, -0.2) is 0 Å². The standard InChI is InChI=1S/C12H24N2O/c1-9-4-5-13-6-12(9)14-7-11(3)15-8-10(14)2/h9-13H,4-8H2,1-3H3. The zero-order chi connectivity index (χ0) is 10.8. The highest BCUT2D eigenvalue weighted by atomic mass is 16.5. The molecule has 0 spiro atoms. The van der Waals surface area contributed by atoms with E-state index in [1.807, 2.05) is 0 Å². The second-order valence-corrected chi connectivity index (χ2v) is 5.23. The molecule has 0 saturated carbocycles. The van der Waals surface area contributed by atoms with Crippen LogP contribution in [0.15, 0.2) is 0 Å². The Morgan fingerprint density at radius 3 is 2.80 bits per heavy atom. The minimum absolute atomic E-state index is 0.398. The Bertz CT molecular complexity index is 210. The Balaban J connectivity index is 1.99. The molecule has 0 aromatic carbocycles. The largest absolute Gasteiger partial charge is 0.376 e. The Kier molecular flexibility index (Phi) is 3.65. The molecule has 2 aliphatic heterocycles. The van der Waals surface area contributed by atoms with Crippen LogP contribution >= 0.6 is 0 Å². The van der Waals surface area contributed by atoms with Crippen molar-refractivity contribution < 1.29 is 4.74 Å². The van der Waals surface area contributed by atoms with E-state index in [0.29, 0.717) is 18.2 Å². The normalized spacial score (nSPS) is 44.2. The molecule has 4 atom stereocenters. The molecule has 0 aliphatic carbocycles. The summed E-state index contributed by atoms with van der Waals surface area (Å²) in [4.78, 5) is 2.64. The van der Waals surface area contributed by atoms with E-state index < -0.39 is 0 Å². The average Bonchev–Trinajstić information content (AvgIpc) is 2.23. The second kappa shape index (κ2) is 4.81. The quantitative estimate of drug-likeness (QED) is 0.704. The molecule has 1 N–H and O–H groups in total.